The lowest BCUT2D eigenvalue weighted by Gasteiger charge is -2.22. The van der Waals surface area contributed by atoms with Gasteiger partial charge in [-0.25, -0.2) is 4.79 Å². The van der Waals surface area contributed by atoms with Gasteiger partial charge in [-0.1, -0.05) is 30.3 Å². The lowest BCUT2D eigenvalue weighted by atomic mass is 9.92. The molecule has 1 aromatic heterocycles. The molecule has 26 heavy (non-hydrogen) atoms. The van der Waals surface area contributed by atoms with Gasteiger partial charge in [0.25, 0.3) is 5.91 Å². The van der Waals surface area contributed by atoms with Gasteiger partial charge in [-0.15, -0.1) is 0 Å². The number of aryl methyl sites for hydroxylation is 1. The molecule has 132 valence electrons. The molecular formula is C19H18N4O3. The predicted molar refractivity (Wildman–Crippen MR) is 92.8 cm³/mol. The summed E-state index contributed by atoms with van der Waals surface area (Å²) in [6, 6.07) is 12.5. The second-order valence-corrected chi connectivity index (χ2v) is 6.48. The minimum atomic E-state index is -1.03. The van der Waals surface area contributed by atoms with Gasteiger partial charge in [0.05, 0.1) is 12.2 Å². The van der Waals surface area contributed by atoms with Crippen LogP contribution >= 0.6 is 0 Å². The average molecular weight is 350 g/mol. The smallest absolute Gasteiger partial charge is 0.325 e. The Bertz CT molecular complexity index is 883. The number of benzene rings is 1. The maximum atomic E-state index is 13.0. The van der Waals surface area contributed by atoms with Gasteiger partial charge in [0.1, 0.15) is 12.1 Å². The van der Waals surface area contributed by atoms with Crippen LogP contribution in [0.25, 0.3) is 0 Å². The van der Waals surface area contributed by atoms with E-state index < -0.39 is 17.5 Å². The number of pyridine rings is 1. The van der Waals surface area contributed by atoms with Crippen LogP contribution in [0.5, 0.6) is 0 Å². The Morgan fingerprint density at radius 3 is 2.81 bits per heavy atom. The van der Waals surface area contributed by atoms with E-state index in [0.29, 0.717) is 12.1 Å². The van der Waals surface area contributed by atoms with Crippen LogP contribution in [0.4, 0.5) is 4.79 Å². The van der Waals surface area contributed by atoms with E-state index >= 15 is 0 Å². The molecule has 7 nitrogen and oxygen atoms in total. The first-order valence-electron chi connectivity index (χ1n) is 8.49. The van der Waals surface area contributed by atoms with Crippen LogP contribution < -0.4 is 10.6 Å². The quantitative estimate of drug-likeness (QED) is 0.808. The minimum absolute atomic E-state index is 0.247. The fourth-order valence-electron chi connectivity index (χ4n) is 3.62. The van der Waals surface area contributed by atoms with Crippen LogP contribution in [0.3, 0.4) is 0 Å². The summed E-state index contributed by atoms with van der Waals surface area (Å²) >= 11 is 0. The number of amides is 4. The van der Waals surface area contributed by atoms with E-state index in [-0.39, 0.29) is 19.0 Å². The zero-order valence-electron chi connectivity index (χ0n) is 14.1. The van der Waals surface area contributed by atoms with Crippen LogP contribution in [0, 0.1) is 0 Å². The van der Waals surface area contributed by atoms with Crippen LogP contribution in [-0.4, -0.2) is 34.3 Å². The van der Waals surface area contributed by atoms with Gasteiger partial charge >= 0.3 is 6.03 Å². The van der Waals surface area contributed by atoms with E-state index in [1.165, 1.54) is 0 Å². The van der Waals surface area contributed by atoms with Crippen molar-refractivity contribution in [3.63, 3.8) is 0 Å². The van der Waals surface area contributed by atoms with Gasteiger partial charge < -0.3 is 10.6 Å². The zero-order chi connectivity index (χ0) is 18.1. The van der Waals surface area contributed by atoms with Crippen molar-refractivity contribution in [3.05, 3.63) is 65.5 Å². The van der Waals surface area contributed by atoms with Crippen molar-refractivity contribution in [1.82, 2.24) is 20.5 Å². The average Bonchev–Trinajstić information content (AvgIpc) is 3.15. The molecule has 2 aromatic rings. The first-order valence-corrected chi connectivity index (χ1v) is 8.49. The van der Waals surface area contributed by atoms with Crippen LogP contribution in [0.15, 0.2) is 48.7 Å². The Morgan fingerprint density at radius 1 is 1.19 bits per heavy atom. The molecule has 2 N–H and O–H groups in total. The monoisotopic (exact) mass is 350 g/mol. The third-order valence-corrected chi connectivity index (χ3v) is 4.92. The number of carbonyl (C=O) groups is 3. The molecular weight excluding hydrogens is 332 g/mol. The molecule has 1 fully saturated rings. The maximum absolute atomic E-state index is 13.0. The van der Waals surface area contributed by atoms with E-state index in [1.54, 1.807) is 18.3 Å². The molecule has 1 atom stereocenters. The third-order valence-electron chi connectivity index (χ3n) is 4.92. The molecule has 0 saturated carbocycles. The summed E-state index contributed by atoms with van der Waals surface area (Å²) in [4.78, 5) is 42.6. The molecule has 1 saturated heterocycles. The molecule has 2 heterocycles. The van der Waals surface area contributed by atoms with Gasteiger partial charge in [0.2, 0.25) is 5.91 Å². The van der Waals surface area contributed by atoms with Crippen LogP contribution in [0.2, 0.25) is 0 Å². The van der Waals surface area contributed by atoms with Crippen molar-refractivity contribution in [2.75, 3.05) is 6.54 Å². The number of fused-ring (bicyclic) bond motifs is 2. The second kappa shape index (κ2) is 6.25. The molecule has 2 aliphatic rings. The van der Waals surface area contributed by atoms with Crippen LogP contribution in [0.1, 0.15) is 23.2 Å². The highest BCUT2D eigenvalue weighted by Crippen LogP contribution is 2.41. The molecule has 1 aromatic carbocycles. The molecule has 4 amide bonds. The fourth-order valence-corrected chi connectivity index (χ4v) is 3.62. The summed E-state index contributed by atoms with van der Waals surface area (Å²) in [6.45, 7) is -0.0568. The molecule has 1 aliphatic heterocycles. The molecule has 0 bridgehead atoms. The van der Waals surface area contributed by atoms with Crippen molar-refractivity contribution in [3.8, 4) is 0 Å². The topological polar surface area (TPSA) is 91.4 Å². The van der Waals surface area contributed by atoms with Crippen molar-refractivity contribution in [2.45, 2.75) is 24.9 Å². The molecule has 7 heteroatoms. The first-order chi connectivity index (χ1) is 12.6. The van der Waals surface area contributed by atoms with Crippen molar-refractivity contribution >= 4 is 17.8 Å². The SMILES string of the molecule is O=C(CN1C(=O)NC2(CCc3ccccc32)C1=O)NCc1ccccn1. The highest BCUT2D eigenvalue weighted by Gasteiger charge is 2.55. The Hall–Kier alpha value is -3.22. The lowest BCUT2D eigenvalue weighted by Crippen LogP contribution is -2.43. The Morgan fingerprint density at radius 2 is 2.00 bits per heavy atom. The predicted octanol–water partition coefficient (Wildman–Crippen LogP) is 1.09. The van der Waals surface area contributed by atoms with Crippen molar-refractivity contribution in [1.29, 1.82) is 0 Å². The number of urea groups is 1. The van der Waals surface area contributed by atoms with Gasteiger partial charge in [0.15, 0.2) is 0 Å². The highest BCUT2D eigenvalue weighted by molar-refractivity contribution is 6.09. The van der Waals surface area contributed by atoms with E-state index in [0.717, 1.165) is 22.4 Å². The van der Waals surface area contributed by atoms with Crippen molar-refractivity contribution < 1.29 is 14.4 Å². The molecule has 4 rings (SSSR count). The zero-order valence-corrected chi connectivity index (χ0v) is 14.1. The number of imide groups is 1. The minimum Gasteiger partial charge on any atom is -0.349 e. The molecule has 1 spiro atoms. The Kier molecular flexibility index (Phi) is 3.91. The molecule has 1 unspecified atom stereocenters. The summed E-state index contributed by atoms with van der Waals surface area (Å²) in [5.74, 6) is -0.761. The van der Waals surface area contributed by atoms with Gasteiger partial charge in [-0.3, -0.25) is 19.5 Å². The van der Waals surface area contributed by atoms with Gasteiger partial charge in [0, 0.05) is 6.20 Å². The molecule has 1 aliphatic carbocycles. The number of rotatable bonds is 4. The number of carbonyl (C=O) groups excluding carboxylic acids is 3. The number of nitrogens with zero attached hydrogens (tertiary/aromatic N) is 2. The number of hydrogen-bond acceptors (Lipinski definition) is 4. The Labute approximate surface area is 150 Å². The third kappa shape index (κ3) is 2.61. The largest absolute Gasteiger partial charge is 0.349 e. The normalized spacial score (nSPS) is 21.0. The van der Waals surface area contributed by atoms with Gasteiger partial charge in [-0.05, 0) is 36.1 Å². The number of nitrogens with one attached hydrogen (secondary N) is 2. The van der Waals surface area contributed by atoms with E-state index in [2.05, 4.69) is 15.6 Å². The van der Waals surface area contributed by atoms with Gasteiger partial charge in [-0.2, -0.15) is 0 Å². The van der Waals surface area contributed by atoms with E-state index in [1.807, 2.05) is 30.3 Å². The standard InChI is InChI=1S/C19H18N4O3/c24-16(21-11-14-6-3-4-10-20-14)12-23-17(25)19(22-18(23)26)9-8-13-5-1-2-7-15(13)19/h1-7,10H,8-9,11-12H2,(H,21,24)(H,22,26). The summed E-state index contributed by atoms with van der Waals surface area (Å²) in [6.07, 6.45) is 2.88. The van der Waals surface area contributed by atoms with E-state index in [9.17, 15) is 14.4 Å². The summed E-state index contributed by atoms with van der Waals surface area (Å²) in [5.41, 5.74) is 1.56. The number of aromatic nitrogens is 1. The number of hydrogen-bond donors (Lipinski definition) is 2. The summed E-state index contributed by atoms with van der Waals surface area (Å²) < 4.78 is 0. The molecule has 0 radical (unpaired) electrons. The fraction of sp³-hybridized carbons (Fsp3) is 0.263. The summed E-state index contributed by atoms with van der Waals surface area (Å²) in [5, 5.41) is 5.50. The highest BCUT2D eigenvalue weighted by atomic mass is 16.2. The second-order valence-electron chi connectivity index (χ2n) is 6.48. The van der Waals surface area contributed by atoms with Crippen molar-refractivity contribution in [2.24, 2.45) is 0 Å². The Balaban J connectivity index is 1.46. The first kappa shape index (κ1) is 16.3. The lowest BCUT2D eigenvalue weighted by molar-refractivity contribution is -0.135. The summed E-state index contributed by atoms with van der Waals surface area (Å²) in [7, 11) is 0. The van der Waals surface area contributed by atoms with Crippen LogP contribution in [-0.2, 0) is 28.1 Å². The van der Waals surface area contributed by atoms with E-state index in [4.69, 9.17) is 0 Å². The maximum Gasteiger partial charge on any atom is 0.325 e.